The van der Waals surface area contributed by atoms with Gasteiger partial charge in [-0.25, -0.2) is 0 Å². The molecule has 2 amide bonds. The summed E-state index contributed by atoms with van der Waals surface area (Å²) in [5, 5.41) is 5.68. The van der Waals surface area contributed by atoms with E-state index in [2.05, 4.69) is 10.6 Å². The van der Waals surface area contributed by atoms with E-state index in [1.807, 2.05) is 18.2 Å². The zero-order valence-corrected chi connectivity index (χ0v) is 14.9. The minimum atomic E-state index is -0.990. The lowest BCUT2D eigenvalue weighted by molar-refractivity contribution is -0.134. The smallest absolute Gasteiger partial charge is 0.240 e. The number of fused-ring (bicyclic) bond motifs is 1. The molecule has 0 bridgehead atoms. The third-order valence-corrected chi connectivity index (χ3v) is 4.86. The van der Waals surface area contributed by atoms with E-state index >= 15 is 0 Å². The first-order valence-corrected chi connectivity index (χ1v) is 8.73. The minimum Gasteiger partial charge on any atom is -0.497 e. The van der Waals surface area contributed by atoms with E-state index in [1.165, 1.54) is 0 Å². The highest BCUT2D eigenvalue weighted by molar-refractivity contribution is 6.13. The summed E-state index contributed by atoms with van der Waals surface area (Å²) in [7, 11) is 1.58. The Labute approximate surface area is 156 Å². The Bertz CT molecular complexity index is 874. The van der Waals surface area contributed by atoms with Crippen LogP contribution in [0.1, 0.15) is 18.4 Å². The number of hydrogen-bond acceptors (Lipinski definition) is 5. The molecule has 7 heteroatoms. The van der Waals surface area contributed by atoms with E-state index < -0.39 is 5.41 Å². The molecular weight excluding hydrogens is 348 g/mol. The lowest BCUT2D eigenvalue weighted by Gasteiger charge is -2.16. The highest BCUT2D eigenvalue weighted by Gasteiger charge is 2.56. The fourth-order valence-electron chi connectivity index (χ4n) is 3.01. The van der Waals surface area contributed by atoms with Crippen molar-refractivity contribution in [2.45, 2.75) is 19.4 Å². The average molecular weight is 368 g/mol. The van der Waals surface area contributed by atoms with E-state index in [0.29, 0.717) is 42.3 Å². The van der Waals surface area contributed by atoms with Gasteiger partial charge in [-0.1, -0.05) is 6.07 Å². The largest absolute Gasteiger partial charge is 0.497 e. The maximum atomic E-state index is 12.6. The van der Waals surface area contributed by atoms with Crippen LogP contribution in [0.15, 0.2) is 42.5 Å². The van der Waals surface area contributed by atoms with Gasteiger partial charge in [0.1, 0.15) is 11.2 Å². The van der Waals surface area contributed by atoms with Crippen LogP contribution in [-0.2, 0) is 16.1 Å². The van der Waals surface area contributed by atoms with Crippen LogP contribution in [0.4, 0.5) is 5.69 Å². The molecular formula is C20H20N2O5. The Kier molecular flexibility index (Phi) is 4.35. The third kappa shape index (κ3) is 3.40. The molecule has 4 rings (SSSR count). The van der Waals surface area contributed by atoms with Gasteiger partial charge >= 0.3 is 0 Å². The minimum absolute atomic E-state index is 0.208. The Morgan fingerprint density at radius 3 is 2.48 bits per heavy atom. The summed E-state index contributed by atoms with van der Waals surface area (Å²) < 4.78 is 15.7. The summed E-state index contributed by atoms with van der Waals surface area (Å²) in [5.74, 6) is 1.53. The monoisotopic (exact) mass is 368 g/mol. The van der Waals surface area contributed by atoms with Crippen LogP contribution in [0.3, 0.4) is 0 Å². The molecule has 0 unspecified atom stereocenters. The summed E-state index contributed by atoms with van der Waals surface area (Å²) in [5.41, 5.74) is 0.533. The predicted octanol–water partition coefficient (Wildman–Crippen LogP) is 2.46. The molecule has 0 aromatic heterocycles. The van der Waals surface area contributed by atoms with Crippen molar-refractivity contribution in [3.8, 4) is 17.2 Å². The number of anilines is 1. The van der Waals surface area contributed by atoms with Crippen molar-refractivity contribution in [1.29, 1.82) is 0 Å². The first-order chi connectivity index (χ1) is 13.1. The van der Waals surface area contributed by atoms with Crippen molar-refractivity contribution < 1.29 is 23.8 Å². The number of benzene rings is 2. The van der Waals surface area contributed by atoms with Crippen LogP contribution in [0.5, 0.6) is 17.2 Å². The van der Waals surface area contributed by atoms with Crippen LogP contribution in [0.25, 0.3) is 0 Å². The van der Waals surface area contributed by atoms with Crippen molar-refractivity contribution in [3.05, 3.63) is 48.0 Å². The molecule has 0 spiro atoms. The SMILES string of the molecule is COc1ccc(NC(=O)C2(C(=O)NCc3ccc4c(c3)OCO4)CC2)cc1. The molecule has 1 aliphatic heterocycles. The molecule has 140 valence electrons. The van der Waals surface area contributed by atoms with Crippen molar-refractivity contribution in [1.82, 2.24) is 5.32 Å². The zero-order chi connectivity index (χ0) is 18.9. The molecule has 1 saturated carbocycles. The van der Waals surface area contributed by atoms with Crippen molar-refractivity contribution in [3.63, 3.8) is 0 Å². The molecule has 1 heterocycles. The Hall–Kier alpha value is -3.22. The molecule has 7 nitrogen and oxygen atoms in total. The molecule has 2 aromatic carbocycles. The maximum absolute atomic E-state index is 12.6. The predicted molar refractivity (Wildman–Crippen MR) is 97.7 cm³/mol. The fourth-order valence-corrected chi connectivity index (χ4v) is 3.01. The lowest BCUT2D eigenvalue weighted by Crippen LogP contribution is -2.39. The molecule has 27 heavy (non-hydrogen) atoms. The van der Waals surface area contributed by atoms with E-state index in [1.54, 1.807) is 31.4 Å². The van der Waals surface area contributed by atoms with Crippen LogP contribution in [-0.4, -0.2) is 25.7 Å². The van der Waals surface area contributed by atoms with Gasteiger partial charge in [-0.2, -0.15) is 0 Å². The summed E-state index contributed by atoms with van der Waals surface area (Å²) in [4.78, 5) is 25.2. The van der Waals surface area contributed by atoms with E-state index in [4.69, 9.17) is 14.2 Å². The summed E-state index contributed by atoms with van der Waals surface area (Å²) >= 11 is 0. The molecule has 0 atom stereocenters. The second-order valence-corrected chi connectivity index (χ2v) is 6.64. The quantitative estimate of drug-likeness (QED) is 0.765. The molecule has 0 radical (unpaired) electrons. The van der Waals surface area contributed by atoms with Gasteiger partial charge in [-0.3, -0.25) is 9.59 Å². The van der Waals surface area contributed by atoms with Gasteiger partial charge in [-0.15, -0.1) is 0 Å². The van der Waals surface area contributed by atoms with E-state index in [9.17, 15) is 9.59 Å². The fraction of sp³-hybridized carbons (Fsp3) is 0.300. The molecule has 1 fully saturated rings. The summed E-state index contributed by atoms with van der Waals surface area (Å²) in [6.07, 6.45) is 1.09. The van der Waals surface area contributed by atoms with Gasteiger partial charge < -0.3 is 24.8 Å². The van der Waals surface area contributed by atoms with Gasteiger partial charge in [0.15, 0.2) is 11.5 Å². The van der Waals surface area contributed by atoms with Crippen LogP contribution >= 0.6 is 0 Å². The van der Waals surface area contributed by atoms with Crippen molar-refractivity contribution >= 4 is 17.5 Å². The molecule has 2 aliphatic rings. The zero-order valence-electron chi connectivity index (χ0n) is 14.9. The number of nitrogens with one attached hydrogen (secondary N) is 2. The number of ether oxygens (including phenoxy) is 3. The average Bonchev–Trinajstić information content (AvgIpc) is 3.38. The van der Waals surface area contributed by atoms with Gasteiger partial charge in [0.2, 0.25) is 18.6 Å². The summed E-state index contributed by atoms with van der Waals surface area (Å²) in [6, 6.07) is 12.5. The van der Waals surface area contributed by atoms with Crippen LogP contribution in [0.2, 0.25) is 0 Å². The van der Waals surface area contributed by atoms with Crippen molar-refractivity contribution in [2.24, 2.45) is 5.41 Å². The highest BCUT2D eigenvalue weighted by Crippen LogP contribution is 2.47. The Morgan fingerprint density at radius 2 is 1.78 bits per heavy atom. The number of rotatable bonds is 6. The van der Waals surface area contributed by atoms with Crippen LogP contribution in [0, 0.1) is 5.41 Å². The van der Waals surface area contributed by atoms with Gasteiger partial charge in [0.25, 0.3) is 0 Å². The first kappa shape index (κ1) is 17.2. The Balaban J connectivity index is 1.36. The standard InChI is InChI=1S/C20H20N2O5/c1-25-15-5-3-14(4-6-15)22-19(24)20(8-9-20)18(23)21-11-13-2-7-16-17(10-13)27-12-26-16/h2-7,10H,8-9,11-12H2,1H3,(H,21,23)(H,22,24). The van der Waals surface area contributed by atoms with Crippen molar-refractivity contribution in [2.75, 3.05) is 19.2 Å². The Morgan fingerprint density at radius 1 is 1.04 bits per heavy atom. The molecule has 0 saturated heterocycles. The normalized spacial score (nSPS) is 15.7. The second-order valence-electron chi connectivity index (χ2n) is 6.64. The number of carbonyl (C=O) groups excluding carboxylic acids is 2. The first-order valence-electron chi connectivity index (χ1n) is 8.73. The molecule has 2 aromatic rings. The van der Waals surface area contributed by atoms with Crippen LogP contribution < -0.4 is 24.8 Å². The third-order valence-electron chi connectivity index (χ3n) is 4.86. The van der Waals surface area contributed by atoms with E-state index in [0.717, 1.165) is 5.56 Å². The highest BCUT2D eigenvalue weighted by atomic mass is 16.7. The maximum Gasteiger partial charge on any atom is 0.240 e. The topological polar surface area (TPSA) is 85.9 Å². The number of hydrogen-bond donors (Lipinski definition) is 2. The molecule has 2 N–H and O–H groups in total. The van der Waals surface area contributed by atoms with E-state index in [-0.39, 0.29) is 18.6 Å². The molecule has 1 aliphatic carbocycles. The number of methoxy groups -OCH3 is 1. The van der Waals surface area contributed by atoms with Gasteiger partial charge in [-0.05, 0) is 54.8 Å². The number of carbonyl (C=O) groups is 2. The van der Waals surface area contributed by atoms with Gasteiger partial charge in [0, 0.05) is 12.2 Å². The summed E-state index contributed by atoms with van der Waals surface area (Å²) in [6.45, 7) is 0.535. The second kappa shape index (κ2) is 6.83. The van der Waals surface area contributed by atoms with Gasteiger partial charge in [0.05, 0.1) is 7.11 Å². The lowest BCUT2D eigenvalue weighted by atomic mass is 10.0. The number of amides is 2.